The number of non-ortho nitro benzene ring substituents is 2. The monoisotopic (exact) mass is 612 g/mol. The molecular weight excluding hydrogens is 576 g/mol. The van der Waals surface area contributed by atoms with Gasteiger partial charge in [-0.25, -0.2) is 9.59 Å². The van der Waals surface area contributed by atoms with Gasteiger partial charge in [-0.2, -0.15) is 0 Å². The molecule has 2 heterocycles. The van der Waals surface area contributed by atoms with E-state index in [1.54, 1.807) is 13.2 Å². The van der Waals surface area contributed by atoms with Crippen LogP contribution in [0.2, 0.25) is 0 Å². The highest BCUT2D eigenvalue weighted by molar-refractivity contribution is 5.91. The van der Waals surface area contributed by atoms with Crippen molar-refractivity contribution >= 4 is 23.3 Å². The molecule has 1 aromatic carbocycles. The number of esters is 2. The Morgan fingerprint density at radius 2 is 1.73 bits per heavy atom. The third-order valence-corrected chi connectivity index (χ3v) is 12.3. The number of hydrogen-bond donors (Lipinski definition) is 1. The molecule has 0 aromatic heterocycles. The molecule has 0 unspecified atom stereocenters. The number of rotatable bonds is 6. The maximum atomic E-state index is 13.1. The molecule has 9 atom stereocenters. The lowest BCUT2D eigenvalue weighted by molar-refractivity contribution is -0.394. The fraction of sp³-hybridized carbons (Fsp3) is 0.677. The average molecular weight is 613 g/mol. The molecule has 1 saturated heterocycles. The van der Waals surface area contributed by atoms with E-state index >= 15 is 0 Å². The highest BCUT2D eigenvalue weighted by Gasteiger charge is 2.79. The van der Waals surface area contributed by atoms with Gasteiger partial charge in [-0.05, 0) is 74.2 Å². The molecule has 13 heteroatoms. The third-order valence-electron chi connectivity index (χ3n) is 12.3. The van der Waals surface area contributed by atoms with Gasteiger partial charge in [-0.3, -0.25) is 20.2 Å². The molecule has 4 saturated carbocycles. The van der Waals surface area contributed by atoms with Gasteiger partial charge in [0.25, 0.3) is 11.4 Å². The van der Waals surface area contributed by atoms with E-state index in [4.69, 9.17) is 18.9 Å². The van der Waals surface area contributed by atoms with E-state index in [-0.39, 0.29) is 41.1 Å². The number of ether oxygens (including phenoxy) is 4. The average Bonchev–Trinajstić information content (AvgIpc) is 3.63. The Kier molecular flexibility index (Phi) is 6.52. The largest absolute Gasteiger partial charge is 0.459 e. The molecule has 6 aliphatic rings. The van der Waals surface area contributed by atoms with Gasteiger partial charge >= 0.3 is 11.9 Å². The molecule has 1 spiro atoms. The maximum Gasteiger partial charge on any atom is 0.338 e. The number of methoxy groups -OCH3 is 1. The molecule has 2 bridgehead atoms. The predicted octanol–water partition coefficient (Wildman–Crippen LogP) is 4.39. The first-order valence-electron chi connectivity index (χ1n) is 15.3. The van der Waals surface area contributed by atoms with Crippen molar-refractivity contribution < 1.29 is 43.5 Å². The van der Waals surface area contributed by atoms with Crippen LogP contribution < -0.4 is 0 Å². The molecule has 1 N–H and O–H groups in total. The van der Waals surface area contributed by atoms with Gasteiger partial charge in [0.05, 0.1) is 38.1 Å². The summed E-state index contributed by atoms with van der Waals surface area (Å²) in [6.07, 6.45) is 6.06. The number of carbonyl (C=O) groups excluding carboxylic acids is 2. The Labute approximate surface area is 253 Å². The second-order valence-corrected chi connectivity index (χ2v) is 13.8. The zero-order valence-electron chi connectivity index (χ0n) is 24.7. The van der Waals surface area contributed by atoms with Crippen molar-refractivity contribution in [3.8, 4) is 0 Å². The zero-order chi connectivity index (χ0) is 31.2. The van der Waals surface area contributed by atoms with Crippen LogP contribution in [0.3, 0.4) is 0 Å². The van der Waals surface area contributed by atoms with Crippen molar-refractivity contribution in [2.45, 2.75) is 88.3 Å². The smallest absolute Gasteiger partial charge is 0.338 e. The molecule has 7 rings (SSSR count). The fourth-order valence-corrected chi connectivity index (χ4v) is 10.6. The number of aliphatic hydroxyl groups is 1. The standard InChI is InChI=1S/C31H36N2O11/c1-28-7-6-24-30-8-5-21(43-26(35)17-11-19(32(37)38)14-20(12-17)33(39)40)15-29(30,36)9-10-31(24,44-27(30)41-2)23(28)4-3-22(28)18-13-25(34)42-16-18/h11-14,21-24,27,36H,3-10,15-16H2,1-2H3/t21-,22+,23+,24+,27+,28+,29+,30+,31+/m0/s1. The van der Waals surface area contributed by atoms with Crippen LogP contribution in [0, 0.1) is 48.8 Å². The van der Waals surface area contributed by atoms with Gasteiger partial charge in [-0.1, -0.05) is 6.92 Å². The highest BCUT2D eigenvalue weighted by atomic mass is 16.7. The number of fused-ring (bicyclic) bond motifs is 1. The van der Waals surface area contributed by atoms with Crippen molar-refractivity contribution in [2.75, 3.05) is 13.7 Å². The Balaban J connectivity index is 1.15. The van der Waals surface area contributed by atoms with Gasteiger partial charge < -0.3 is 24.1 Å². The van der Waals surface area contributed by atoms with E-state index in [9.17, 15) is 34.9 Å². The van der Waals surface area contributed by atoms with Crippen molar-refractivity contribution in [1.29, 1.82) is 0 Å². The lowest BCUT2D eigenvalue weighted by Crippen LogP contribution is -2.67. The Hall–Kier alpha value is -3.42. The summed E-state index contributed by atoms with van der Waals surface area (Å²) in [5, 5.41) is 35.1. The number of nitro benzene ring substituents is 2. The summed E-state index contributed by atoms with van der Waals surface area (Å²) in [5.74, 6) is -0.708. The number of cyclic esters (lactones) is 1. The van der Waals surface area contributed by atoms with Crippen molar-refractivity contribution in [1.82, 2.24) is 0 Å². The van der Waals surface area contributed by atoms with Crippen LogP contribution in [0.5, 0.6) is 0 Å². The van der Waals surface area contributed by atoms with Gasteiger partial charge in [0.2, 0.25) is 0 Å². The number of hydrogen-bond acceptors (Lipinski definition) is 11. The molecule has 5 fully saturated rings. The number of nitrogens with zero attached hydrogens (tertiary/aromatic N) is 2. The topological polar surface area (TPSA) is 178 Å². The van der Waals surface area contributed by atoms with Crippen LogP contribution in [0.1, 0.15) is 75.1 Å². The summed E-state index contributed by atoms with van der Waals surface area (Å²) in [6.45, 7) is 2.66. The number of nitro groups is 2. The lowest BCUT2D eigenvalue weighted by Gasteiger charge is -2.63. The van der Waals surface area contributed by atoms with Crippen LogP contribution in [0.25, 0.3) is 0 Å². The molecule has 0 amide bonds. The van der Waals surface area contributed by atoms with E-state index in [1.165, 1.54) is 0 Å². The van der Waals surface area contributed by atoms with Crippen molar-refractivity contribution in [3.63, 3.8) is 0 Å². The molecule has 0 radical (unpaired) electrons. The number of benzene rings is 1. The highest BCUT2D eigenvalue weighted by Crippen LogP contribution is 2.76. The van der Waals surface area contributed by atoms with Gasteiger partial charge in [0, 0.05) is 37.7 Å². The normalized spacial score (nSPS) is 42.0. The minimum atomic E-state index is -1.25. The molecular formula is C31H36N2O11. The second-order valence-electron chi connectivity index (χ2n) is 13.8. The molecule has 13 nitrogen and oxygen atoms in total. The summed E-state index contributed by atoms with van der Waals surface area (Å²) < 4.78 is 24.0. The minimum Gasteiger partial charge on any atom is -0.459 e. The van der Waals surface area contributed by atoms with Gasteiger partial charge in [0.15, 0.2) is 6.29 Å². The summed E-state index contributed by atoms with van der Waals surface area (Å²) >= 11 is 0. The molecule has 44 heavy (non-hydrogen) atoms. The SMILES string of the molecule is CO[C@@H]1O[C@@]23CC[C@@]4(O)C[C@@H](OC(=O)c5cc([N+](=O)[O-])cc([N+](=O)[O-])c5)CC[C@@]14[C@H]2CC[C@]1(C)[C@@H](C2=CC(=O)OC2)CC[C@H]13. The molecule has 236 valence electrons. The van der Waals surface area contributed by atoms with E-state index < -0.39 is 56.2 Å². The maximum absolute atomic E-state index is 13.1. The van der Waals surface area contributed by atoms with Crippen LogP contribution in [0.15, 0.2) is 29.8 Å². The first-order chi connectivity index (χ1) is 20.9. The molecule has 1 aromatic rings. The summed E-state index contributed by atoms with van der Waals surface area (Å²) in [6, 6.07) is 2.72. The van der Waals surface area contributed by atoms with Crippen LogP contribution in [-0.4, -0.2) is 64.2 Å². The van der Waals surface area contributed by atoms with Crippen molar-refractivity contribution in [3.05, 3.63) is 55.6 Å². The first kappa shape index (κ1) is 29.3. The van der Waals surface area contributed by atoms with E-state index in [1.807, 2.05) is 0 Å². The molecule has 4 aliphatic carbocycles. The Morgan fingerprint density at radius 1 is 1.00 bits per heavy atom. The summed E-state index contributed by atoms with van der Waals surface area (Å²) in [7, 11) is 1.60. The predicted molar refractivity (Wildman–Crippen MR) is 150 cm³/mol. The fourth-order valence-electron chi connectivity index (χ4n) is 10.6. The molecule has 2 aliphatic heterocycles. The zero-order valence-corrected chi connectivity index (χ0v) is 24.7. The quantitative estimate of drug-likeness (QED) is 0.274. The summed E-state index contributed by atoms with van der Waals surface area (Å²) in [4.78, 5) is 46.1. The minimum absolute atomic E-state index is 0.0297. The van der Waals surface area contributed by atoms with E-state index in [0.29, 0.717) is 32.3 Å². The van der Waals surface area contributed by atoms with Crippen LogP contribution in [-0.2, 0) is 23.7 Å². The van der Waals surface area contributed by atoms with E-state index in [2.05, 4.69) is 6.92 Å². The van der Waals surface area contributed by atoms with Gasteiger partial charge in [0.1, 0.15) is 12.7 Å². The Morgan fingerprint density at radius 3 is 2.36 bits per heavy atom. The first-order valence-corrected chi connectivity index (χ1v) is 15.3. The Bertz CT molecular complexity index is 1460. The van der Waals surface area contributed by atoms with E-state index in [0.717, 1.165) is 49.5 Å². The van der Waals surface area contributed by atoms with Crippen LogP contribution in [0.4, 0.5) is 11.4 Å². The number of carbonyl (C=O) groups is 2. The second kappa shape index (κ2) is 9.79. The summed E-state index contributed by atoms with van der Waals surface area (Å²) in [5.41, 5.74) is -2.91. The lowest BCUT2D eigenvalue weighted by atomic mass is 9.42. The third kappa shape index (κ3) is 3.87. The van der Waals surface area contributed by atoms with Gasteiger partial charge in [-0.15, -0.1) is 0 Å². The van der Waals surface area contributed by atoms with Crippen LogP contribution >= 0.6 is 0 Å². The van der Waals surface area contributed by atoms with Crippen molar-refractivity contribution in [2.24, 2.45) is 28.6 Å².